The molecule has 0 radical (unpaired) electrons. The molecule has 6 heteroatoms. The van der Waals surface area contributed by atoms with Gasteiger partial charge in [0.15, 0.2) is 0 Å². The monoisotopic (exact) mass is 233 g/mol. The third-order valence-electron chi connectivity index (χ3n) is 1.76. The maximum Gasteiger partial charge on any atom is 0.419 e. The average molecular weight is 233 g/mol. The van der Waals surface area contributed by atoms with Crippen molar-refractivity contribution in [1.29, 1.82) is 0 Å². The van der Waals surface area contributed by atoms with Crippen molar-refractivity contribution < 1.29 is 22.4 Å². The number of hydrogen-bond acceptors (Lipinski definition) is 1. The predicted molar refractivity (Wildman–Crippen MR) is 49.6 cm³/mol. The number of halogens is 4. The fourth-order valence-corrected chi connectivity index (χ4v) is 1.15. The molecule has 2 nitrogen and oxygen atoms in total. The van der Waals surface area contributed by atoms with Crippen molar-refractivity contribution in [2.75, 3.05) is 0 Å². The van der Waals surface area contributed by atoms with Crippen molar-refractivity contribution in [2.24, 2.45) is 5.73 Å². The van der Waals surface area contributed by atoms with Crippen LogP contribution in [0.25, 0.3) is 6.08 Å². The number of carbonyl (C=O) groups excluding carboxylic acids is 1. The van der Waals surface area contributed by atoms with Gasteiger partial charge < -0.3 is 5.73 Å². The summed E-state index contributed by atoms with van der Waals surface area (Å²) in [6.07, 6.45) is -3.25. The van der Waals surface area contributed by atoms with E-state index in [-0.39, 0.29) is 0 Å². The molecule has 0 aliphatic rings. The van der Waals surface area contributed by atoms with Gasteiger partial charge in [-0.25, -0.2) is 4.39 Å². The van der Waals surface area contributed by atoms with Gasteiger partial charge in [-0.15, -0.1) is 0 Å². The van der Waals surface area contributed by atoms with E-state index < -0.39 is 29.0 Å². The molecule has 1 aromatic rings. The van der Waals surface area contributed by atoms with Crippen LogP contribution in [0.2, 0.25) is 0 Å². The third-order valence-corrected chi connectivity index (χ3v) is 1.76. The van der Waals surface area contributed by atoms with Gasteiger partial charge in [-0.2, -0.15) is 13.2 Å². The second kappa shape index (κ2) is 4.34. The Balaban J connectivity index is 3.29. The van der Waals surface area contributed by atoms with Gasteiger partial charge in [0, 0.05) is 6.08 Å². The van der Waals surface area contributed by atoms with E-state index in [1.807, 2.05) is 0 Å². The summed E-state index contributed by atoms with van der Waals surface area (Å²) in [6, 6.07) is 2.86. The molecule has 0 aromatic heterocycles. The summed E-state index contributed by atoms with van der Waals surface area (Å²) in [5.74, 6) is -2.29. The Morgan fingerprint density at radius 1 is 1.31 bits per heavy atom. The van der Waals surface area contributed by atoms with Crippen LogP contribution >= 0.6 is 0 Å². The molecule has 0 fully saturated rings. The molecule has 0 aliphatic carbocycles. The summed E-state index contributed by atoms with van der Waals surface area (Å²) < 4.78 is 50.3. The summed E-state index contributed by atoms with van der Waals surface area (Å²) in [4.78, 5) is 10.4. The second-order valence-electron chi connectivity index (χ2n) is 2.94. The van der Waals surface area contributed by atoms with Gasteiger partial charge in [-0.3, -0.25) is 4.79 Å². The van der Waals surface area contributed by atoms with E-state index in [4.69, 9.17) is 5.73 Å². The van der Waals surface area contributed by atoms with Crippen LogP contribution in [0, 0.1) is 5.82 Å². The number of benzene rings is 1. The molecule has 0 unspecified atom stereocenters. The summed E-state index contributed by atoms with van der Waals surface area (Å²) in [5, 5.41) is 0. The fourth-order valence-electron chi connectivity index (χ4n) is 1.15. The maximum atomic E-state index is 13.0. The van der Waals surface area contributed by atoms with E-state index in [2.05, 4.69) is 0 Å². The second-order valence-corrected chi connectivity index (χ2v) is 2.94. The normalized spacial score (nSPS) is 12.0. The van der Waals surface area contributed by atoms with E-state index in [9.17, 15) is 22.4 Å². The Morgan fingerprint density at radius 3 is 2.44 bits per heavy atom. The molecular weight excluding hydrogens is 226 g/mol. The quantitative estimate of drug-likeness (QED) is 0.618. The zero-order valence-corrected chi connectivity index (χ0v) is 7.88. The van der Waals surface area contributed by atoms with E-state index in [0.717, 1.165) is 24.3 Å². The molecule has 0 aliphatic heterocycles. The number of hydrogen-bond donors (Lipinski definition) is 1. The van der Waals surface area contributed by atoms with E-state index in [1.54, 1.807) is 0 Å². The SMILES string of the molecule is NC(=O)C=Cc1cccc(F)c1C(F)(F)F. The van der Waals surface area contributed by atoms with Crippen molar-refractivity contribution in [1.82, 2.24) is 0 Å². The molecule has 1 aromatic carbocycles. The zero-order chi connectivity index (χ0) is 12.3. The first-order chi connectivity index (χ1) is 7.32. The molecule has 0 atom stereocenters. The van der Waals surface area contributed by atoms with Crippen LogP contribution in [0.15, 0.2) is 24.3 Å². The van der Waals surface area contributed by atoms with Gasteiger partial charge in [0.25, 0.3) is 0 Å². The van der Waals surface area contributed by atoms with Crippen LogP contribution in [0.4, 0.5) is 17.6 Å². The van der Waals surface area contributed by atoms with Crippen LogP contribution in [0.5, 0.6) is 0 Å². The van der Waals surface area contributed by atoms with Crippen LogP contribution in [0.3, 0.4) is 0 Å². The number of rotatable bonds is 2. The standard InChI is InChI=1S/C10H7F4NO/c11-7-3-1-2-6(4-5-8(15)16)9(7)10(12,13)14/h1-5H,(H2,15,16). The highest BCUT2D eigenvalue weighted by molar-refractivity contribution is 5.90. The van der Waals surface area contributed by atoms with Gasteiger partial charge in [0.2, 0.25) is 5.91 Å². The lowest BCUT2D eigenvalue weighted by Gasteiger charge is -2.10. The molecule has 0 saturated carbocycles. The molecule has 16 heavy (non-hydrogen) atoms. The molecule has 1 amide bonds. The molecule has 0 bridgehead atoms. The summed E-state index contributed by atoms with van der Waals surface area (Å²) in [5.41, 5.74) is 2.89. The topological polar surface area (TPSA) is 43.1 Å². The summed E-state index contributed by atoms with van der Waals surface area (Å²) in [6.45, 7) is 0. The highest BCUT2D eigenvalue weighted by Crippen LogP contribution is 2.34. The number of primary amides is 1. The summed E-state index contributed by atoms with van der Waals surface area (Å²) >= 11 is 0. The molecule has 0 saturated heterocycles. The predicted octanol–water partition coefficient (Wildman–Crippen LogP) is 2.34. The van der Waals surface area contributed by atoms with Crippen LogP contribution in [0.1, 0.15) is 11.1 Å². The number of nitrogens with two attached hydrogens (primary N) is 1. The summed E-state index contributed by atoms with van der Waals surface area (Å²) in [7, 11) is 0. The van der Waals surface area contributed by atoms with E-state index in [1.165, 1.54) is 0 Å². The molecule has 1 rings (SSSR count). The Kier molecular flexibility index (Phi) is 3.31. The highest BCUT2D eigenvalue weighted by atomic mass is 19.4. The van der Waals surface area contributed by atoms with Crippen molar-refractivity contribution in [3.05, 3.63) is 41.2 Å². The van der Waals surface area contributed by atoms with Crippen LogP contribution in [-0.2, 0) is 11.0 Å². The first-order valence-corrected chi connectivity index (χ1v) is 4.15. The minimum atomic E-state index is -4.82. The number of carbonyl (C=O) groups is 1. The Hall–Kier alpha value is -1.85. The lowest BCUT2D eigenvalue weighted by Crippen LogP contribution is -2.11. The minimum absolute atomic E-state index is 0.439. The van der Waals surface area contributed by atoms with Crippen LogP contribution in [-0.4, -0.2) is 5.91 Å². The molecule has 0 heterocycles. The third kappa shape index (κ3) is 2.82. The number of alkyl halides is 3. The highest BCUT2D eigenvalue weighted by Gasteiger charge is 2.36. The minimum Gasteiger partial charge on any atom is -0.366 e. The maximum absolute atomic E-state index is 13.0. The van der Waals surface area contributed by atoms with Crippen molar-refractivity contribution >= 4 is 12.0 Å². The lowest BCUT2D eigenvalue weighted by molar-refractivity contribution is -0.140. The Morgan fingerprint density at radius 2 is 1.94 bits per heavy atom. The molecule has 86 valence electrons. The zero-order valence-electron chi connectivity index (χ0n) is 7.88. The number of amides is 1. The van der Waals surface area contributed by atoms with Crippen molar-refractivity contribution in [3.63, 3.8) is 0 Å². The smallest absolute Gasteiger partial charge is 0.366 e. The Labute approximate surface area is 88.4 Å². The molecule has 2 N–H and O–H groups in total. The first-order valence-electron chi connectivity index (χ1n) is 4.15. The van der Waals surface area contributed by atoms with Gasteiger partial charge >= 0.3 is 6.18 Å². The van der Waals surface area contributed by atoms with Gasteiger partial charge in [0.05, 0.1) is 5.56 Å². The van der Waals surface area contributed by atoms with Crippen LogP contribution < -0.4 is 5.73 Å². The molecule has 0 spiro atoms. The van der Waals surface area contributed by atoms with Gasteiger partial charge in [0.1, 0.15) is 5.82 Å². The first kappa shape index (κ1) is 12.2. The van der Waals surface area contributed by atoms with Gasteiger partial charge in [-0.05, 0) is 17.7 Å². The van der Waals surface area contributed by atoms with Crippen molar-refractivity contribution in [3.8, 4) is 0 Å². The van der Waals surface area contributed by atoms with Gasteiger partial charge in [-0.1, -0.05) is 12.1 Å². The van der Waals surface area contributed by atoms with E-state index in [0.29, 0.717) is 6.07 Å². The Bertz CT molecular complexity index is 437. The largest absolute Gasteiger partial charge is 0.419 e. The fraction of sp³-hybridized carbons (Fsp3) is 0.100. The lowest BCUT2D eigenvalue weighted by atomic mass is 10.1. The molecular formula is C10H7F4NO. The van der Waals surface area contributed by atoms with E-state index >= 15 is 0 Å². The van der Waals surface area contributed by atoms with Crippen molar-refractivity contribution in [2.45, 2.75) is 6.18 Å². The average Bonchev–Trinajstić information content (AvgIpc) is 2.12.